The number of aromatic nitrogens is 2. The highest BCUT2D eigenvalue weighted by Crippen LogP contribution is 2.31. The summed E-state index contributed by atoms with van der Waals surface area (Å²) < 4.78 is 15.0. The highest BCUT2D eigenvalue weighted by molar-refractivity contribution is 6.31. The molecule has 0 aliphatic heterocycles. The summed E-state index contributed by atoms with van der Waals surface area (Å²) >= 11 is 12.0. The van der Waals surface area contributed by atoms with Gasteiger partial charge in [-0.2, -0.15) is 5.10 Å². The van der Waals surface area contributed by atoms with E-state index >= 15 is 0 Å². The maximum absolute atomic E-state index is 13.3. The maximum atomic E-state index is 13.3. The molecule has 0 fully saturated rings. The van der Waals surface area contributed by atoms with Crippen molar-refractivity contribution >= 4 is 23.2 Å². The Kier molecular flexibility index (Phi) is 4.65. The van der Waals surface area contributed by atoms with E-state index in [0.29, 0.717) is 16.3 Å². The Balaban J connectivity index is 2.52. The topological polar surface area (TPSA) is 55.9 Å². The van der Waals surface area contributed by atoms with Gasteiger partial charge in [0.05, 0.1) is 28.0 Å². The van der Waals surface area contributed by atoms with Gasteiger partial charge in [-0.25, -0.2) is 9.82 Å². The Hall–Kier alpha value is -1.14. The Morgan fingerprint density at radius 1 is 1.30 bits per heavy atom. The number of hydrogen-bond donors (Lipinski definition) is 2. The minimum atomic E-state index is -0.477. The predicted molar refractivity (Wildman–Crippen MR) is 78.2 cm³/mol. The lowest BCUT2D eigenvalue weighted by Crippen LogP contribution is -2.31. The molecule has 0 aliphatic rings. The lowest BCUT2D eigenvalue weighted by atomic mass is 10.0. The Labute approximate surface area is 126 Å². The molecule has 3 N–H and O–H groups in total. The van der Waals surface area contributed by atoms with Crippen LogP contribution in [0.3, 0.4) is 0 Å². The third-order valence-electron chi connectivity index (χ3n) is 2.99. The molecule has 2 aromatic rings. The molecule has 1 atom stereocenters. The van der Waals surface area contributed by atoms with E-state index in [9.17, 15) is 4.39 Å². The van der Waals surface area contributed by atoms with E-state index in [0.717, 1.165) is 0 Å². The van der Waals surface area contributed by atoms with Gasteiger partial charge < -0.3 is 0 Å². The zero-order chi connectivity index (χ0) is 14.9. The van der Waals surface area contributed by atoms with E-state index in [1.54, 1.807) is 16.9 Å². The molecular formula is C13H15Cl2FN4. The van der Waals surface area contributed by atoms with Gasteiger partial charge in [0.2, 0.25) is 0 Å². The smallest absolute Gasteiger partial charge is 0.141 e. The van der Waals surface area contributed by atoms with Gasteiger partial charge in [-0.05, 0) is 31.5 Å². The van der Waals surface area contributed by atoms with Crippen LogP contribution in [0.1, 0.15) is 37.2 Å². The first kappa shape index (κ1) is 15.3. The van der Waals surface area contributed by atoms with E-state index in [1.165, 1.54) is 12.1 Å². The Bertz CT molecular complexity index is 612. The van der Waals surface area contributed by atoms with Crippen LogP contribution in [0.25, 0.3) is 0 Å². The van der Waals surface area contributed by atoms with Crippen LogP contribution in [0.2, 0.25) is 10.0 Å². The number of benzene rings is 1. The molecule has 1 aromatic carbocycles. The number of hydrogen-bond acceptors (Lipinski definition) is 3. The van der Waals surface area contributed by atoms with Gasteiger partial charge in [0.25, 0.3) is 0 Å². The molecule has 20 heavy (non-hydrogen) atoms. The number of rotatable bonds is 4. The summed E-state index contributed by atoms with van der Waals surface area (Å²) in [5.41, 5.74) is 4.10. The summed E-state index contributed by atoms with van der Waals surface area (Å²) in [6, 6.07) is 4.12. The highest BCUT2D eigenvalue weighted by atomic mass is 35.5. The quantitative estimate of drug-likeness (QED) is 0.671. The highest BCUT2D eigenvalue weighted by Gasteiger charge is 2.23. The molecule has 7 heteroatoms. The van der Waals surface area contributed by atoms with E-state index in [-0.39, 0.29) is 11.1 Å². The van der Waals surface area contributed by atoms with Crippen molar-refractivity contribution in [3.8, 4) is 0 Å². The fraction of sp³-hybridized carbons (Fsp3) is 0.308. The van der Waals surface area contributed by atoms with Gasteiger partial charge in [-0.1, -0.05) is 29.3 Å². The van der Waals surface area contributed by atoms with Crippen LogP contribution in [0.5, 0.6) is 0 Å². The third kappa shape index (κ3) is 2.81. The van der Waals surface area contributed by atoms with Crippen molar-refractivity contribution in [1.29, 1.82) is 0 Å². The third-order valence-corrected chi connectivity index (χ3v) is 3.57. The molecule has 0 bridgehead atoms. The minimum absolute atomic E-state index is 0.0366. The molecule has 0 radical (unpaired) electrons. The second kappa shape index (κ2) is 6.10. The van der Waals surface area contributed by atoms with Crippen LogP contribution in [0, 0.1) is 5.82 Å². The normalized spacial score (nSPS) is 12.9. The summed E-state index contributed by atoms with van der Waals surface area (Å²) in [4.78, 5) is 0. The summed E-state index contributed by atoms with van der Waals surface area (Å²) in [6.07, 6.45) is 1.56. The van der Waals surface area contributed by atoms with Gasteiger partial charge in [0, 0.05) is 6.04 Å². The fourth-order valence-corrected chi connectivity index (χ4v) is 2.49. The molecule has 1 aromatic heterocycles. The zero-order valence-electron chi connectivity index (χ0n) is 11.1. The summed E-state index contributed by atoms with van der Waals surface area (Å²) in [5, 5.41) is 4.76. The lowest BCUT2D eigenvalue weighted by Gasteiger charge is -2.21. The molecule has 0 aliphatic carbocycles. The zero-order valence-corrected chi connectivity index (χ0v) is 12.6. The number of hydrazine groups is 1. The van der Waals surface area contributed by atoms with Crippen LogP contribution in [0.4, 0.5) is 4.39 Å². The van der Waals surface area contributed by atoms with E-state index < -0.39 is 11.9 Å². The molecule has 0 spiro atoms. The molecule has 1 unspecified atom stereocenters. The molecule has 4 nitrogen and oxygen atoms in total. The van der Waals surface area contributed by atoms with E-state index in [1.807, 2.05) is 13.8 Å². The first-order chi connectivity index (χ1) is 9.45. The van der Waals surface area contributed by atoms with Crippen molar-refractivity contribution in [2.45, 2.75) is 25.9 Å². The van der Waals surface area contributed by atoms with Crippen molar-refractivity contribution in [3.05, 3.63) is 51.5 Å². The van der Waals surface area contributed by atoms with Crippen LogP contribution in [-0.2, 0) is 0 Å². The van der Waals surface area contributed by atoms with Gasteiger partial charge in [-0.15, -0.1) is 0 Å². The van der Waals surface area contributed by atoms with Gasteiger partial charge in [0.1, 0.15) is 5.82 Å². The van der Waals surface area contributed by atoms with Gasteiger partial charge >= 0.3 is 0 Å². The molecule has 0 saturated carbocycles. The van der Waals surface area contributed by atoms with Crippen LogP contribution in [-0.4, -0.2) is 9.78 Å². The molecule has 2 rings (SSSR count). The SMILES string of the molecule is CC(C)n1ncc(Cl)c1C(NN)c1ccc(F)c(Cl)c1. The molecule has 1 heterocycles. The largest absolute Gasteiger partial charge is 0.271 e. The molecule has 108 valence electrons. The molecule has 0 amide bonds. The predicted octanol–water partition coefficient (Wildman–Crippen LogP) is 3.46. The second-order valence-electron chi connectivity index (χ2n) is 4.69. The van der Waals surface area contributed by atoms with E-state index in [4.69, 9.17) is 29.0 Å². The van der Waals surface area contributed by atoms with Crippen molar-refractivity contribution < 1.29 is 4.39 Å². The number of nitrogens with one attached hydrogen (secondary N) is 1. The Morgan fingerprint density at radius 2 is 2.00 bits per heavy atom. The first-order valence-electron chi connectivity index (χ1n) is 6.09. The number of halogens is 3. The monoisotopic (exact) mass is 316 g/mol. The first-order valence-corrected chi connectivity index (χ1v) is 6.85. The average Bonchev–Trinajstić information content (AvgIpc) is 2.77. The van der Waals surface area contributed by atoms with Crippen molar-refractivity contribution in [1.82, 2.24) is 15.2 Å². The molecular weight excluding hydrogens is 302 g/mol. The average molecular weight is 317 g/mol. The van der Waals surface area contributed by atoms with Gasteiger partial charge in [0.15, 0.2) is 0 Å². The van der Waals surface area contributed by atoms with Crippen LogP contribution >= 0.6 is 23.2 Å². The van der Waals surface area contributed by atoms with E-state index in [2.05, 4.69) is 10.5 Å². The van der Waals surface area contributed by atoms with Crippen molar-refractivity contribution in [2.24, 2.45) is 5.84 Å². The van der Waals surface area contributed by atoms with Gasteiger partial charge in [-0.3, -0.25) is 10.5 Å². The number of nitrogens with two attached hydrogens (primary N) is 1. The van der Waals surface area contributed by atoms with Crippen LogP contribution < -0.4 is 11.3 Å². The summed E-state index contributed by atoms with van der Waals surface area (Å²) in [7, 11) is 0. The Morgan fingerprint density at radius 3 is 2.55 bits per heavy atom. The molecule has 0 saturated heterocycles. The lowest BCUT2D eigenvalue weighted by molar-refractivity contribution is 0.476. The maximum Gasteiger partial charge on any atom is 0.141 e. The van der Waals surface area contributed by atoms with Crippen molar-refractivity contribution in [2.75, 3.05) is 0 Å². The van der Waals surface area contributed by atoms with Crippen molar-refractivity contribution in [3.63, 3.8) is 0 Å². The fourth-order valence-electron chi connectivity index (χ4n) is 2.06. The summed E-state index contributed by atoms with van der Waals surface area (Å²) in [5.74, 6) is 5.16. The van der Waals surface area contributed by atoms with Crippen LogP contribution in [0.15, 0.2) is 24.4 Å². The summed E-state index contributed by atoms with van der Waals surface area (Å²) in [6.45, 7) is 3.97. The number of nitrogens with zero attached hydrogens (tertiary/aromatic N) is 2. The second-order valence-corrected chi connectivity index (χ2v) is 5.50. The standard InChI is InChI=1S/C13H15Cl2FN4/c1-7(2)20-13(10(15)6-18-20)12(19-17)8-3-4-11(16)9(14)5-8/h3-7,12,19H,17H2,1-2H3. The minimum Gasteiger partial charge on any atom is -0.271 e.